The van der Waals surface area contributed by atoms with E-state index >= 15 is 0 Å². The highest BCUT2D eigenvalue weighted by atomic mass is 127. The molecule has 1 amide bonds. The summed E-state index contributed by atoms with van der Waals surface area (Å²) >= 11 is 5.57. The van der Waals surface area contributed by atoms with Crippen LogP contribution in [0.2, 0.25) is 0 Å². The van der Waals surface area contributed by atoms with Gasteiger partial charge in [0.1, 0.15) is 0 Å². The van der Waals surface area contributed by atoms with Gasteiger partial charge in [-0.25, -0.2) is 0 Å². The van der Waals surface area contributed by atoms with Crippen LogP contribution < -0.4 is 5.32 Å². The second kappa shape index (κ2) is 4.82. The summed E-state index contributed by atoms with van der Waals surface area (Å²) in [4.78, 5) is 11.9. The molecule has 1 aliphatic rings. The first-order chi connectivity index (χ1) is 7.16. The second-order valence-electron chi connectivity index (χ2n) is 3.73. The van der Waals surface area contributed by atoms with Gasteiger partial charge in [0.15, 0.2) is 0 Å². The molecule has 1 aromatic rings. The highest BCUT2D eigenvalue weighted by Gasteiger charge is 2.21. The molecule has 0 heterocycles. The highest BCUT2D eigenvalue weighted by molar-refractivity contribution is 14.1. The minimum atomic E-state index is 0.0467. The fraction of sp³-hybridized carbons (Fsp3) is 0.364. The number of hydrogen-bond donors (Lipinski definition) is 1. The maximum Gasteiger partial charge on any atom is 0.252 e. The van der Waals surface area contributed by atoms with Crippen molar-refractivity contribution in [2.75, 3.05) is 0 Å². The Hall–Kier alpha value is -0.100. The SMILES string of the molecule is O=C(NC1CCC1)c1cc(Br)ccc1I. The summed E-state index contributed by atoms with van der Waals surface area (Å²) < 4.78 is 1.94. The number of benzene rings is 1. The van der Waals surface area contributed by atoms with Gasteiger partial charge in [-0.05, 0) is 60.1 Å². The summed E-state index contributed by atoms with van der Waals surface area (Å²) in [7, 11) is 0. The summed E-state index contributed by atoms with van der Waals surface area (Å²) in [5.74, 6) is 0.0467. The number of amides is 1. The predicted octanol–water partition coefficient (Wildman–Crippen LogP) is 3.34. The maximum absolute atomic E-state index is 11.9. The zero-order valence-electron chi connectivity index (χ0n) is 8.09. The lowest BCUT2D eigenvalue weighted by Crippen LogP contribution is -2.39. The van der Waals surface area contributed by atoms with E-state index in [1.165, 1.54) is 6.42 Å². The van der Waals surface area contributed by atoms with Crippen LogP contribution in [0.3, 0.4) is 0 Å². The molecule has 1 aromatic carbocycles. The number of hydrogen-bond acceptors (Lipinski definition) is 1. The number of halogens is 2. The Kier molecular flexibility index (Phi) is 3.66. The van der Waals surface area contributed by atoms with E-state index in [4.69, 9.17) is 0 Å². The molecular weight excluding hydrogens is 369 g/mol. The minimum absolute atomic E-state index is 0.0467. The Morgan fingerprint density at radius 2 is 2.20 bits per heavy atom. The van der Waals surface area contributed by atoms with Crippen LogP contribution in [0.25, 0.3) is 0 Å². The van der Waals surface area contributed by atoms with Crippen molar-refractivity contribution < 1.29 is 4.79 Å². The van der Waals surface area contributed by atoms with Crippen molar-refractivity contribution >= 4 is 44.4 Å². The van der Waals surface area contributed by atoms with Gasteiger partial charge in [0.2, 0.25) is 0 Å². The van der Waals surface area contributed by atoms with Crippen LogP contribution in [-0.4, -0.2) is 11.9 Å². The van der Waals surface area contributed by atoms with Crippen LogP contribution in [0.1, 0.15) is 29.6 Å². The molecule has 0 radical (unpaired) electrons. The molecule has 0 aliphatic heterocycles. The molecule has 80 valence electrons. The molecule has 0 spiro atoms. The standard InChI is InChI=1S/C11H11BrINO/c12-7-4-5-10(13)9(6-7)11(15)14-8-2-1-3-8/h4-6,8H,1-3H2,(H,14,15). The zero-order chi connectivity index (χ0) is 10.8. The van der Waals surface area contributed by atoms with Gasteiger partial charge in [-0.15, -0.1) is 0 Å². The van der Waals surface area contributed by atoms with E-state index < -0.39 is 0 Å². The zero-order valence-corrected chi connectivity index (χ0v) is 11.8. The molecule has 2 nitrogen and oxygen atoms in total. The normalized spacial score (nSPS) is 15.9. The lowest BCUT2D eigenvalue weighted by Gasteiger charge is -2.26. The quantitative estimate of drug-likeness (QED) is 0.784. The molecule has 15 heavy (non-hydrogen) atoms. The number of carbonyl (C=O) groups is 1. The van der Waals surface area contributed by atoms with E-state index in [2.05, 4.69) is 43.8 Å². The highest BCUT2D eigenvalue weighted by Crippen LogP contribution is 2.21. The number of carbonyl (C=O) groups excluding carboxylic acids is 1. The number of nitrogens with one attached hydrogen (secondary N) is 1. The summed E-state index contributed by atoms with van der Waals surface area (Å²) in [6.07, 6.45) is 3.48. The van der Waals surface area contributed by atoms with E-state index in [0.29, 0.717) is 6.04 Å². The Balaban J connectivity index is 2.12. The molecule has 2 rings (SSSR count). The fourth-order valence-electron chi connectivity index (χ4n) is 1.49. The van der Waals surface area contributed by atoms with E-state index in [9.17, 15) is 4.79 Å². The van der Waals surface area contributed by atoms with Crippen LogP contribution in [0.5, 0.6) is 0 Å². The van der Waals surface area contributed by atoms with Crippen molar-refractivity contribution in [2.45, 2.75) is 25.3 Å². The smallest absolute Gasteiger partial charge is 0.252 e. The summed E-state index contributed by atoms with van der Waals surface area (Å²) in [6, 6.07) is 6.16. The van der Waals surface area contributed by atoms with Gasteiger partial charge in [-0.3, -0.25) is 4.79 Å². The van der Waals surface area contributed by atoms with Crippen molar-refractivity contribution in [1.82, 2.24) is 5.32 Å². The summed E-state index contributed by atoms with van der Waals surface area (Å²) in [5, 5.41) is 3.04. The van der Waals surface area contributed by atoms with E-state index in [-0.39, 0.29) is 5.91 Å². The average molecular weight is 380 g/mol. The van der Waals surface area contributed by atoms with Crippen LogP contribution in [0.15, 0.2) is 22.7 Å². The number of rotatable bonds is 2. The van der Waals surface area contributed by atoms with Crippen molar-refractivity contribution in [3.63, 3.8) is 0 Å². The first-order valence-electron chi connectivity index (χ1n) is 4.93. The fourth-order valence-corrected chi connectivity index (χ4v) is 2.43. The van der Waals surface area contributed by atoms with Gasteiger partial charge in [-0.1, -0.05) is 15.9 Å². The first-order valence-corrected chi connectivity index (χ1v) is 6.80. The third-order valence-corrected chi connectivity index (χ3v) is 4.05. The third kappa shape index (κ3) is 2.72. The van der Waals surface area contributed by atoms with Crippen LogP contribution in [0.4, 0.5) is 0 Å². The molecule has 1 N–H and O–H groups in total. The third-order valence-electron chi connectivity index (χ3n) is 2.61. The van der Waals surface area contributed by atoms with E-state index in [1.807, 2.05) is 18.2 Å². The molecule has 0 atom stereocenters. The Labute approximate surface area is 111 Å². The van der Waals surface area contributed by atoms with Gasteiger partial charge in [0, 0.05) is 14.1 Å². The van der Waals surface area contributed by atoms with Gasteiger partial charge in [0.05, 0.1) is 5.56 Å². The molecular formula is C11H11BrINO. The largest absolute Gasteiger partial charge is 0.349 e. The van der Waals surface area contributed by atoms with Gasteiger partial charge >= 0.3 is 0 Å². The van der Waals surface area contributed by atoms with Crippen molar-refractivity contribution in [1.29, 1.82) is 0 Å². The van der Waals surface area contributed by atoms with Crippen LogP contribution >= 0.6 is 38.5 Å². The lowest BCUT2D eigenvalue weighted by atomic mass is 9.93. The first kappa shape index (κ1) is 11.4. The van der Waals surface area contributed by atoms with Gasteiger partial charge < -0.3 is 5.32 Å². The predicted molar refractivity (Wildman–Crippen MR) is 72.0 cm³/mol. The topological polar surface area (TPSA) is 29.1 Å². The van der Waals surface area contributed by atoms with E-state index in [0.717, 1.165) is 26.4 Å². The molecule has 1 aliphatic carbocycles. The molecule has 1 saturated carbocycles. The van der Waals surface area contributed by atoms with Crippen molar-refractivity contribution in [2.24, 2.45) is 0 Å². The molecule has 0 unspecified atom stereocenters. The molecule has 1 fully saturated rings. The molecule has 4 heteroatoms. The van der Waals surface area contributed by atoms with Crippen LogP contribution in [0, 0.1) is 3.57 Å². The second-order valence-corrected chi connectivity index (χ2v) is 5.80. The van der Waals surface area contributed by atoms with Gasteiger partial charge in [-0.2, -0.15) is 0 Å². The summed E-state index contributed by atoms with van der Waals surface area (Å²) in [6.45, 7) is 0. The molecule has 0 bridgehead atoms. The maximum atomic E-state index is 11.9. The Morgan fingerprint density at radius 3 is 2.80 bits per heavy atom. The monoisotopic (exact) mass is 379 g/mol. The molecule has 0 aromatic heterocycles. The summed E-state index contributed by atoms with van der Waals surface area (Å²) in [5.41, 5.74) is 0.761. The lowest BCUT2D eigenvalue weighted by molar-refractivity contribution is 0.0916. The Bertz CT molecular complexity index is 390. The minimum Gasteiger partial charge on any atom is -0.349 e. The Morgan fingerprint density at radius 1 is 1.47 bits per heavy atom. The van der Waals surface area contributed by atoms with Gasteiger partial charge in [0.25, 0.3) is 5.91 Å². The van der Waals surface area contributed by atoms with E-state index in [1.54, 1.807) is 0 Å². The van der Waals surface area contributed by atoms with Crippen molar-refractivity contribution in [3.05, 3.63) is 31.8 Å². The van der Waals surface area contributed by atoms with Crippen molar-refractivity contribution in [3.8, 4) is 0 Å². The average Bonchev–Trinajstić information content (AvgIpc) is 2.15. The van der Waals surface area contributed by atoms with Crippen LogP contribution in [-0.2, 0) is 0 Å². The molecule has 0 saturated heterocycles.